The van der Waals surface area contributed by atoms with Gasteiger partial charge in [-0.25, -0.2) is 4.39 Å². The average molecular weight is 260 g/mol. The maximum absolute atomic E-state index is 13.4. The molecule has 0 saturated heterocycles. The highest BCUT2D eigenvalue weighted by molar-refractivity contribution is 5.93. The topological polar surface area (TPSA) is 62.0 Å². The molecular weight excluding hydrogens is 247 g/mol. The predicted molar refractivity (Wildman–Crippen MR) is 69.4 cm³/mol. The molecule has 2 aromatic rings. The normalized spacial score (nSPS) is 10.2. The SMILES string of the molecule is Cc1cc(=O)c(C(=O)NCc2ccccc2F)c[nH]1. The molecule has 2 N–H and O–H groups in total. The molecule has 0 aliphatic rings. The molecule has 1 heterocycles. The summed E-state index contributed by atoms with van der Waals surface area (Å²) in [5.41, 5.74) is 0.708. The lowest BCUT2D eigenvalue weighted by Crippen LogP contribution is -2.28. The van der Waals surface area contributed by atoms with Crippen LogP contribution in [0, 0.1) is 12.7 Å². The third kappa shape index (κ3) is 3.07. The van der Waals surface area contributed by atoms with Gasteiger partial charge in [0.05, 0.1) is 0 Å². The zero-order valence-electron chi connectivity index (χ0n) is 10.4. The fourth-order valence-corrected chi connectivity index (χ4v) is 1.66. The van der Waals surface area contributed by atoms with E-state index in [4.69, 9.17) is 0 Å². The maximum atomic E-state index is 13.4. The highest BCUT2D eigenvalue weighted by atomic mass is 19.1. The van der Waals surface area contributed by atoms with Gasteiger partial charge in [-0.15, -0.1) is 0 Å². The Labute approximate surface area is 109 Å². The van der Waals surface area contributed by atoms with Crippen molar-refractivity contribution in [3.63, 3.8) is 0 Å². The van der Waals surface area contributed by atoms with Crippen LogP contribution in [0.5, 0.6) is 0 Å². The quantitative estimate of drug-likeness (QED) is 0.883. The van der Waals surface area contributed by atoms with E-state index < -0.39 is 5.91 Å². The number of aryl methyl sites for hydroxylation is 1. The molecule has 0 aliphatic carbocycles. The van der Waals surface area contributed by atoms with Gasteiger partial charge < -0.3 is 10.3 Å². The average Bonchev–Trinajstić information content (AvgIpc) is 2.37. The van der Waals surface area contributed by atoms with E-state index in [-0.39, 0.29) is 23.4 Å². The number of amides is 1. The summed E-state index contributed by atoms with van der Waals surface area (Å²) in [6.07, 6.45) is 1.36. The number of rotatable bonds is 3. The number of carbonyl (C=O) groups excluding carboxylic acids is 1. The zero-order chi connectivity index (χ0) is 13.8. The Bertz CT molecular complexity index is 664. The molecule has 1 aromatic heterocycles. The largest absolute Gasteiger partial charge is 0.364 e. The van der Waals surface area contributed by atoms with Crippen molar-refractivity contribution in [1.82, 2.24) is 10.3 Å². The highest BCUT2D eigenvalue weighted by Crippen LogP contribution is 2.05. The fourth-order valence-electron chi connectivity index (χ4n) is 1.66. The van der Waals surface area contributed by atoms with Crippen LogP contribution in [0.2, 0.25) is 0 Å². The van der Waals surface area contributed by atoms with Gasteiger partial charge in [0.2, 0.25) is 0 Å². The minimum absolute atomic E-state index is 0.0157. The fraction of sp³-hybridized carbons (Fsp3) is 0.143. The van der Waals surface area contributed by atoms with Crippen LogP contribution in [-0.2, 0) is 6.54 Å². The molecule has 0 saturated carbocycles. The molecule has 98 valence electrons. The first-order valence-corrected chi connectivity index (χ1v) is 5.79. The maximum Gasteiger partial charge on any atom is 0.257 e. The minimum Gasteiger partial charge on any atom is -0.364 e. The second-order valence-electron chi connectivity index (χ2n) is 4.17. The Morgan fingerprint density at radius 3 is 2.79 bits per heavy atom. The molecule has 1 amide bonds. The number of halogens is 1. The lowest BCUT2D eigenvalue weighted by Gasteiger charge is -2.06. The first-order chi connectivity index (χ1) is 9.08. The van der Waals surface area contributed by atoms with Crippen molar-refractivity contribution in [2.45, 2.75) is 13.5 Å². The number of hydrogen-bond donors (Lipinski definition) is 2. The summed E-state index contributed by atoms with van der Waals surface area (Å²) < 4.78 is 13.4. The van der Waals surface area contributed by atoms with Crippen LogP contribution >= 0.6 is 0 Å². The van der Waals surface area contributed by atoms with Crippen LogP contribution in [0.4, 0.5) is 4.39 Å². The lowest BCUT2D eigenvalue weighted by molar-refractivity contribution is 0.0949. The molecule has 1 aromatic carbocycles. The molecule has 0 bridgehead atoms. The number of carbonyl (C=O) groups is 1. The summed E-state index contributed by atoms with van der Waals surface area (Å²) in [5.74, 6) is -0.912. The van der Waals surface area contributed by atoms with Crippen LogP contribution < -0.4 is 10.7 Å². The molecule has 0 fully saturated rings. The summed E-state index contributed by atoms with van der Waals surface area (Å²) in [5, 5.41) is 2.52. The molecule has 0 aliphatic heterocycles. The van der Waals surface area contributed by atoms with Crippen LogP contribution in [0.3, 0.4) is 0 Å². The predicted octanol–water partition coefficient (Wildman–Crippen LogP) is 1.75. The van der Waals surface area contributed by atoms with Crippen molar-refractivity contribution in [3.05, 3.63) is 69.4 Å². The van der Waals surface area contributed by atoms with Gasteiger partial charge in [0.25, 0.3) is 5.91 Å². The van der Waals surface area contributed by atoms with Gasteiger partial charge in [0.15, 0.2) is 5.43 Å². The van der Waals surface area contributed by atoms with Crippen molar-refractivity contribution in [1.29, 1.82) is 0 Å². The monoisotopic (exact) mass is 260 g/mol. The third-order valence-electron chi connectivity index (χ3n) is 2.70. The second-order valence-corrected chi connectivity index (χ2v) is 4.17. The van der Waals surface area contributed by atoms with Crippen molar-refractivity contribution in [2.24, 2.45) is 0 Å². The first-order valence-electron chi connectivity index (χ1n) is 5.79. The number of benzene rings is 1. The molecule has 0 radical (unpaired) electrons. The minimum atomic E-state index is -0.524. The lowest BCUT2D eigenvalue weighted by atomic mass is 10.2. The second kappa shape index (κ2) is 5.48. The first kappa shape index (κ1) is 13.0. The molecule has 5 heteroatoms. The smallest absolute Gasteiger partial charge is 0.257 e. The Hall–Kier alpha value is -2.43. The molecule has 0 unspecified atom stereocenters. The summed E-state index contributed by atoms with van der Waals surface area (Å²) >= 11 is 0. The van der Waals surface area contributed by atoms with Crippen molar-refractivity contribution in [2.75, 3.05) is 0 Å². The standard InChI is InChI=1S/C14H13FN2O2/c1-9-6-13(18)11(8-16-9)14(19)17-7-10-4-2-3-5-12(10)15/h2-6,8H,7H2,1H3,(H,16,18)(H,17,19). The van der Waals surface area contributed by atoms with Crippen molar-refractivity contribution in [3.8, 4) is 0 Å². The van der Waals surface area contributed by atoms with E-state index in [0.717, 1.165) is 0 Å². The Kier molecular flexibility index (Phi) is 3.75. The Morgan fingerprint density at radius 2 is 2.11 bits per heavy atom. The van der Waals surface area contributed by atoms with Crippen LogP contribution in [0.25, 0.3) is 0 Å². The van der Waals surface area contributed by atoms with E-state index in [1.54, 1.807) is 25.1 Å². The van der Waals surface area contributed by atoms with E-state index in [9.17, 15) is 14.0 Å². The summed E-state index contributed by atoms with van der Waals surface area (Å²) in [6, 6.07) is 7.50. The molecule has 4 nitrogen and oxygen atoms in total. The van der Waals surface area contributed by atoms with Crippen molar-refractivity contribution >= 4 is 5.91 Å². The molecular formula is C14H13FN2O2. The van der Waals surface area contributed by atoms with Gasteiger partial charge in [-0.05, 0) is 13.0 Å². The number of nitrogens with one attached hydrogen (secondary N) is 2. The molecule has 0 atom stereocenters. The van der Waals surface area contributed by atoms with Gasteiger partial charge in [-0.1, -0.05) is 18.2 Å². The summed E-state index contributed by atoms with van der Waals surface area (Å²) in [7, 11) is 0. The Balaban J connectivity index is 2.10. The zero-order valence-corrected chi connectivity index (χ0v) is 10.4. The van der Waals surface area contributed by atoms with Gasteiger partial charge in [0, 0.05) is 30.1 Å². The van der Waals surface area contributed by atoms with E-state index in [1.807, 2.05) is 0 Å². The summed E-state index contributed by atoms with van der Waals surface area (Å²) in [4.78, 5) is 26.2. The van der Waals surface area contributed by atoms with E-state index in [2.05, 4.69) is 10.3 Å². The van der Waals surface area contributed by atoms with Gasteiger partial charge in [-0.3, -0.25) is 9.59 Å². The van der Waals surface area contributed by atoms with Crippen molar-refractivity contribution < 1.29 is 9.18 Å². The number of H-pyrrole nitrogens is 1. The van der Waals surface area contributed by atoms with Crippen LogP contribution in [0.1, 0.15) is 21.6 Å². The molecule has 19 heavy (non-hydrogen) atoms. The molecule has 0 spiro atoms. The van der Waals surface area contributed by atoms with Gasteiger partial charge in [0.1, 0.15) is 11.4 Å². The number of aromatic amines is 1. The van der Waals surface area contributed by atoms with Gasteiger partial charge >= 0.3 is 0 Å². The number of pyridine rings is 1. The van der Waals surface area contributed by atoms with E-state index >= 15 is 0 Å². The van der Waals surface area contributed by atoms with E-state index in [1.165, 1.54) is 18.3 Å². The molecule has 2 rings (SSSR count). The van der Waals surface area contributed by atoms with Crippen LogP contribution in [-0.4, -0.2) is 10.9 Å². The number of hydrogen-bond acceptors (Lipinski definition) is 2. The summed E-state index contributed by atoms with van der Waals surface area (Å²) in [6.45, 7) is 1.77. The highest BCUT2D eigenvalue weighted by Gasteiger charge is 2.10. The van der Waals surface area contributed by atoms with Crippen LogP contribution in [0.15, 0.2) is 41.3 Å². The Morgan fingerprint density at radius 1 is 1.37 bits per heavy atom. The van der Waals surface area contributed by atoms with Gasteiger partial charge in [-0.2, -0.15) is 0 Å². The number of aromatic nitrogens is 1. The van der Waals surface area contributed by atoms with E-state index in [0.29, 0.717) is 11.3 Å². The third-order valence-corrected chi connectivity index (χ3v) is 2.70.